The molecule has 162 valence electrons. The van der Waals surface area contributed by atoms with Crippen LogP contribution in [0, 0.1) is 0 Å². The van der Waals surface area contributed by atoms with Crippen molar-refractivity contribution in [3.63, 3.8) is 0 Å². The van der Waals surface area contributed by atoms with E-state index in [1.165, 1.54) is 4.31 Å². The van der Waals surface area contributed by atoms with Crippen LogP contribution in [0.2, 0.25) is 0 Å². The first kappa shape index (κ1) is 21.6. The number of aliphatic hydroxyl groups excluding tert-OH is 1. The average Bonchev–Trinajstić information content (AvgIpc) is 3.42. The zero-order valence-corrected chi connectivity index (χ0v) is 16.3. The maximum Gasteiger partial charge on any atom is 0.427 e. The SMILES string of the molecule is CN([C@@H]1COC2(CCN(C(=O)OC(CO)C(F)(F)F)CC2)C1)S(=O)(=O)C1CC1. The minimum atomic E-state index is -4.83. The molecule has 0 radical (unpaired) electrons. The highest BCUT2D eigenvalue weighted by molar-refractivity contribution is 7.90. The number of amides is 1. The highest BCUT2D eigenvalue weighted by Crippen LogP contribution is 2.40. The fraction of sp³-hybridized carbons (Fsp3) is 0.938. The Morgan fingerprint density at radius 3 is 2.46 bits per heavy atom. The molecule has 1 spiro atoms. The van der Waals surface area contributed by atoms with E-state index in [1.54, 1.807) is 7.05 Å². The second-order valence-corrected chi connectivity index (χ2v) is 9.97. The number of likely N-dealkylation sites (tertiary alicyclic amines) is 1. The van der Waals surface area contributed by atoms with Crippen molar-refractivity contribution in [2.45, 2.75) is 61.3 Å². The van der Waals surface area contributed by atoms with Crippen LogP contribution >= 0.6 is 0 Å². The van der Waals surface area contributed by atoms with Crippen LogP contribution in [-0.4, -0.2) is 91.3 Å². The summed E-state index contributed by atoms with van der Waals surface area (Å²) in [7, 11) is -1.77. The first-order valence-electron chi connectivity index (χ1n) is 9.22. The lowest BCUT2D eigenvalue weighted by atomic mass is 9.87. The molecule has 12 heteroatoms. The minimum absolute atomic E-state index is 0.140. The van der Waals surface area contributed by atoms with E-state index in [1.807, 2.05) is 0 Å². The number of hydrogen-bond donors (Lipinski definition) is 1. The van der Waals surface area contributed by atoms with Gasteiger partial charge in [0.1, 0.15) is 0 Å². The van der Waals surface area contributed by atoms with Gasteiger partial charge >= 0.3 is 12.3 Å². The van der Waals surface area contributed by atoms with Crippen molar-refractivity contribution in [3.05, 3.63) is 0 Å². The standard InChI is InChI=1S/C16H25F3N2O6S/c1-20(28(24,25)12-2-3-12)11-8-15(26-10-11)4-6-21(7-5-15)14(23)27-13(9-22)16(17,18)19/h11-13,22H,2-10H2,1H3/t11-,13?/m0/s1. The van der Waals surface area contributed by atoms with Crippen molar-refractivity contribution in [1.82, 2.24) is 9.21 Å². The number of likely N-dealkylation sites (N-methyl/N-ethyl adjacent to an activating group) is 1. The van der Waals surface area contributed by atoms with Gasteiger partial charge in [-0.1, -0.05) is 0 Å². The van der Waals surface area contributed by atoms with Gasteiger partial charge in [0.15, 0.2) is 0 Å². The van der Waals surface area contributed by atoms with Crippen LogP contribution in [0.15, 0.2) is 0 Å². The molecular weight excluding hydrogens is 405 g/mol. The van der Waals surface area contributed by atoms with Crippen LogP contribution in [0.5, 0.6) is 0 Å². The van der Waals surface area contributed by atoms with Crippen LogP contribution < -0.4 is 0 Å². The molecule has 1 saturated carbocycles. The molecule has 0 aromatic rings. The molecule has 0 aromatic carbocycles. The molecule has 2 heterocycles. The molecule has 28 heavy (non-hydrogen) atoms. The number of alkyl halides is 3. The molecule has 3 fully saturated rings. The average molecular weight is 430 g/mol. The van der Waals surface area contributed by atoms with Crippen molar-refractivity contribution in [2.75, 3.05) is 33.4 Å². The molecule has 1 aliphatic carbocycles. The Balaban J connectivity index is 1.53. The Bertz CT molecular complexity index is 689. The van der Waals surface area contributed by atoms with E-state index < -0.39 is 40.6 Å². The first-order chi connectivity index (χ1) is 13.0. The predicted octanol–water partition coefficient (Wildman–Crippen LogP) is 1.09. The van der Waals surface area contributed by atoms with E-state index in [2.05, 4.69) is 4.74 Å². The topological polar surface area (TPSA) is 96.4 Å². The van der Waals surface area contributed by atoms with Gasteiger partial charge in [0, 0.05) is 20.1 Å². The lowest BCUT2D eigenvalue weighted by molar-refractivity contribution is -0.215. The second-order valence-electron chi connectivity index (χ2n) is 7.70. The summed E-state index contributed by atoms with van der Waals surface area (Å²) in [5, 5.41) is 8.47. The smallest absolute Gasteiger partial charge is 0.427 e. The Hall–Kier alpha value is -1.11. The van der Waals surface area contributed by atoms with Crippen molar-refractivity contribution in [3.8, 4) is 0 Å². The molecule has 3 rings (SSSR count). The second kappa shape index (κ2) is 7.62. The number of sulfonamides is 1. The number of ether oxygens (including phenoxy) is 2. The number of halogens is 3. The summed E-state index contributed by atoms with van der Waals surface area (Å²) in [6.07, 6.45) is -5.92. The lowest BCUT2D eigenvalue weighted by Crippen LogP contribution is -2.49. The number of piperidine rings is 1. The number of aliphatic hydroxyl groups is 1. The lowest BCUT2D eigenvalue weighted by Gasteiger charge is -2.38. The zero-order valence-electron chi connectivity index (χ0n) is 15.5. The van der Waals surface area contributed by atoms with Crippen LogP contribution in [0.4, 0.5) is 18.0 Å². The third-order valence-corrected chi connectivity index (χ3v) is 8.17. The van der Waals surface area contributed by atoms with Gasteiger partial charge in [-0.05, 0) is 32.1 Å². The number of carbonyl (C=O) groups is 1. The van der Waals surface area contributed by atoms with Crippen LogP contribution in [-0.2, 0) is 19.5 Å². The van der Waals surface area contributed by atoms with Gasteiger partial charge in [-0.2, -0.15) is 17.5 Å². The van der Waals surface area contributed by atoms with Gasteiger partial charge in [-0.15, -0.1) is 0 Å². The fourth-order valence-corrected chi connectivity index (χ4v) is 5.46. The highest BCUT2D eigenvalue weighted by atomic mass is 32.2. The maximum atomic E-state index is 12.6. The van der Waals surface area contributed by atoms with E-state index in [0.29, 0.717) is 32.1 Å². The molecule has 8 nitrogen and oxygen atoms in total. The van der Waals surface area contributed by atoms with E-state index in [9.17, 15) is 26.4 Å². The number of carbonyl (C=O) groups excluding carboxylic acids is 1. The summed E-state index contributed by atoms with van der Waals surface area (Å²) in [5.41, 5.74) is -0.588. The first-order valence-corrected chi connectivity index (χ1v) is 10.7. The quantitative estimate of drug-likeness (QED) is 0.702. The van der Waals surface area contributed by atoms with Gasteiger partial charge in [-0.25, -0.2) is 13.2 Å². The normalized spacial score (nSPS) is 26.6. The molecular formula is C16H25F3N2O6S. The van der Waals surface area contributed by atoms with Crippen molar-refractivity contribution in [2.24, 2.45) is 0 Å². The molecule has 3 aliphatic rings. The third kappa shape index (κ3) is 4.39. The van der Waals surface area contributed by atoms with Gasteiger partial charge in [0.2, 0.25) is 16.1 Å². The van der Waals surface area contributed by atoms with E-state index in [-0.39, 0.29) is 31.0 Å². The van der Waals surface area contributed by atoms with Crippen LogP contribution in [0.25, 0.3) is 0 Å². The largest absolute Gasteiger partial charge is 0.434 e. The van der Waals surface area contributed by atoms with Crippen LogP contribution in [0.3, 0.4) is 0 Å². The van der Waals surface area contributed by atoms with Gasteiger partial charge < -0.3 is 19.5 Å². The van der Waals surface area contributed by atoms with Gasteiger partial charge in [0.25, 0.3) is 0 Å². The Morgan fingerprint density at radius 2 is 1.96 bits per heavy atom. The van der Waals surface area contributed by atoms with E-state index >= 15 is 0 Å². The van der Waals surface area contributed by atoms with Crippen molar-refractivity contribution < 1.29 is 41.0 Å². The molecule has 2 aliphatic heterocycles. The molecule has 1 N–H and O–H groups in total. The number of rotatable bonds is 5. The molecule has 1 amide bonds. The summed E-state index contributed by atoms with van der Waals surface area (Å²) >= 11 is 0. The van der Waals surface area contributed by atoms with E-state index in [0.717, 1.165) is 4.90 Å². The molecule has 0 bridgehead atoms. The molecule has 2 saturated heterocycles. The van der Waals surface area contributed by atoms with Gasteiger partial charge in [-0.3, -0.25) is 0 Å². The van der Waals surface area contributed by atoms with Crippen LogP contribution in [0.1, 0.15) is 32.1 Å². The highest BCUT2D eigenvalue weighted by Gasteiger charge is 2.49. The fourth-order valence-electron chi connectivity index (χ4n) is 3.71. The van der Waals surface area contributed by atoms with Crippen molar-refractivity contribution in [1.29, 1.82) is 0 Å². The third-order valence-electron chi connectivity index (χ3n) is 5.76. The summed E-state index contributed by atoms with van der Waals surface area (Å²) in [6.45, 7) is -0.797. The summed E-state index contributed by atoms with van der Waals surface area (Å²) in [5.74, 6) is 0. The number of hydrogen-bond acceptors (Lipinski definition) is 6. The van der Waals surface area contributed by atoms with E-state index in [4.69, 9.17) is 9.84 Å². The van der Waals surface area contributed by atoms with Gasteiger partial charge in [0.05, 0.1) is 30.1 Å². The Morgan fingerprint density at radius 1 is 1.36 bits per heavy atom. The minimum Gasteiger partial charge on any atom is -0.434 e. The molecule has 2 atom stereocenters. The zero-order chi connectivity index (χ0) is 20.7. The maximum absolute atomic E-state index is 12.6. The molecule has 0 aromatic heterocycles. The Labute approximate surface area is 161 Å². The number of nitrogens with zero attached hydrogens (tertiary/aromatic N) is 2. The summed E-state index contributed by atoms with van der Waals surface area (Å²) in [6, 6.07) is -0.284. The molecule has 1 unspecified atom stereocenters. The Kier molecular flexibility index (Phi) is 5.87. The monoisotopic (exact) mass is 430 g/mol. The van der Waals surface area contributed by atoms with Crippen molar-refractivity contribution >= 4 is 16.1 Å². The summed E-state index contributed by atoms with van der Waals surface area (Å²) in [4.78, 5) is 13.1. The summed E-state index contributed by atoms with van der Waals surface area (Å²) < 4.78 is 74.3. The predicted molar refractivity (Wildman–Crippen MR) is 91.0 cm³/mol.